The van der Waals surface area contributed by atoms with E-state index in [-0.39, 0.29) is 11.7 Å². The second-order valence-electron chi connectivity index (χ2n) is 5.77. The van der Waals surface area contributed by atoms with Gasteiger partial charge in [0.05, 0.1) is 17.0 Å². The van der Waals surface area contributed by atoms with Crippen molar-refractivity contribution in [3.8, 4) is 0 Å². The van der Waals surface area contributed by atoms with E-state index in [1.807, 2.05) is 38.1 Å². The molecule has 1 aromatic carbocycles. The summed E-state index contributed by atoms with van der Waals surface area (Å²) < 4.78 is 0.935. The van der Waals surface area contributed by atoms with Gasteiger partial charge in [-0.25, -0.2) is 9.97 Å². The second kappa shape index (κ2) is 7.58. The Bertz CT molecular complexity index is 899. The first-order chi connectivity index (χ1) is 12.0. The molecular formula is C18H19BrN4OS. The molecule has 0 spiro atoms. The molecule has 2 aromatic heterocycles. The molecule has 0 unspecified atom stereocenters. The van der Waals surface area contributed by atoms with Gasteiger partial charge in [0.1, 0.15) is 0 Å². The third kappa shape index (κ3) is 4.04. The molecule has 0 saturated heterocycles. The van der Waals surface area contributed by atoms with Crippen molar-refractivity contribution in [2.24, 2.45) is 0 Å². The van der Waals surface area contributed by atoms with E-state index in [0.717, 1.165) is 38.9 Å². The number of halogens is 1. The molecule has 7 heteroatoms. The van der Waals surface area contributed by atoms with Crippen molar-refractivity contribution in [1.29, 1.82) is 0 Å². The Hall–Kier alpha value is -1.86. The minimum atomic E-state index is -0.0419. The maximum Gasteiger partial charge on any atom is 0.234 e. The fourth-order valence-corrected chi connectivity index (χ4v) is 3.56. The third-order valence-electron chi connectivity index (χ3n) is 3.92. The molecule has 1 amide bonds. The number of hydrogen-bond acceptors (Lipinski definition) is 4. The maximum absolute atomic E-state index is 12.3. The molecule has 2 heterocycles. The van der Waals surface area contributed by atoms with Crippen molar-refractivity contribution in [3.63, 3.8) is 0 Å². The molecule has 0 aliphatic heterocycles. The second-order valence-corrected chi connectivity index (χ2v) is 7.59. The molecule has 25 heavy (non-hydrogen) atoms. The lowest BCUT2D eigenvalue weighted by molar-refractivity contribution is -0.113. The van der Waals surface area contributed by atoms with Gasteiger partial charge in [-0.2, -0.15) is 0 Å². The number of aryl methyl sites for hydroxylation is 3. The molecule has 0 bridgehead atoms. The number of carbonyl (C=O) groups is 1. The first kappa shape index (κ1) is 17.9. The summed E-state index contributed by atoms with van der Waals surface area (Å²) in [6.45, 7) is 6.01. The van der Waals surface area contributed by atoms with Crippen LogP contribution in [-0.2, 0) is 11.2 Å². The molecule has 3 aromatic rings. The Morgan fingerprint density at radius 3 is 2.88 bits per heavy atom. The summed E-state index contributed by atoms with van der Waals surface area (Å²) in [5.74, 6) is 0.247. The van der Waals surface area contributed by atoms with Crippen LogP contribution in [0.15, 0.2) is 33.9 Å². The van der Waals surface area contributed by atoms with Crippen LogP contribution in [-0.4, -0.2) is 26.6 Å². The first-order valence-electron chi connectivity index (χ1n) is 8.02. The first-order valence-corrected chi connectivity index (χ1v) is 9.79. The lowest BCUT2D eigenvalue weighted by Gasteiger charge is -2.12. The molecule has 130 valence electrons. The number of H-pyrrole nitrogens is 1. The Morgan fingerprint density at radius 2 is 2.12 bits per heavy atom. The van der Waals surface area contributed by atoms with Crippen LogP contribution in [0.5, 0.6) is 0 Å². The van der Waals surface area contributed by atoms with Crippen molar-refractivity contribution in [1.82, 2.24) is 15.0 Å². The quantitative estimate of drug-likeness (QED) is 0.592. The van der Waals surface area contributed by atoms with E-state index in [2.05, 4.69) is 43.1 Å². The van der Waals surface area contributed by atoms with Gasteiger partial charge in [-0.05, 0) is 53.4 Å². The number of nitrogens with one attached hydrogen (secondary N) is 2. The van der Waals surface area contributed by atoms with Crippen molar-refractivity contribution in [2.45, 2.75) is 32.3 Å². The molecule has 0 fully saturated rings. The van der Waals surface area contributed by atoms with Gasteiger partial charge in [-0.1, -0.05) is 36.9 Å². The van der Waals surface area contributed by atoms with Crippen molar-refractivity contribution >= 4 is 50.5 Å². The maximum atomic E-state index is 12.3. The van der Waals surface area contributed by atoms with Crippen LogP contribution in [0, 0.1) is 13.8 Å². The van der Waals surface area contributed by atoms with Gasteiger partial charge >= 0.3 is 0 Å². The van der Waals surface area contributed by atoms with Crippen LogP contribution in [0.3, 0.4) is 0 Å². The topological polar surface area (TPSA) is 70.7 Å². The Kier molecular flexibility index (Phi) is 5.44. The number of amides is 1. The molecule has 3 rings (SSSR count). The molecule has 0 radical (unpaired) electrons. The molecule has 5 nitrogen and oxygen atoms in total. The molecule has 0 saturated carbocycles. The van der Waals surface area contributed by atoms with Crippen LogP contribution in [0.4, 0.5) is 5.69 Å². The van der Waals surface area contributed by atoms with E-state index in [0.29, 0.717) is 10.8 Å². The van der Waals surface area contributed by atoms with E-state index >= 15 is 0 Å². The summed E-state index contributed by atoms with van der Waals surface area (Å²) >= 11 is 4.83. The van der Waals surface area contributed by atoms with Crippen molar-refractivity contribution in [2.75, 3.05) is 11.1 Å². The number of hydrogen-bond donors (Lipinski definition) is 2. The van der Waals surface area contributed by atoms with Gasteiger partial charge < -0.3 is 10.3 Å². The number of nitrogens with zero attached hydrogens (tertiary/aromatic N) is 2. The van der Waals surface area contributed by atoms with Gasteiger partial charge in [-0.3, -0.25) is 4.79 Å². The monoisotopic (exact) mass is 418 g/mol. The average molecular weight is 419 g/mol. The number of anilines is 1. The number of para-hydroxylation sites is 1. The van der Waals surface area contributed by atoms with Gasteiger partial charge in [0.2, 0.25) is 5.91 Å². The van der Waals surface area contributed by atoms with Crippen molar-refractivity contribution < 1.29 is 4.79 Å². The summed E-state index contributed by atoms with van der Waals surface area (Å²) in [5.41, 5.74) is 5.54. The van der Waals surface area contributed by atoms with Crippen molar-refractivity contribution in [3.05, 3.63) is 45.6 Å². The highest BCUT2D eigenvalue weighted by atomic mass is 79.9. The highest BCUT2D eigenvalue weighted by molar-refractivity contribution is 9.10. The number of pyridine rings is 1. The Morgan fingerprint density at radius 1 is 1.32 bits per heavy atom. The van der Waals surface area contributed by atoms with Crippen LogP contribution in [0.25, 0.3) is 11.2 Å². The molecule has 0 aliphatic rings. The molecular weight excluding hydrogens is 400 g/mol. The number of aromatic amines is 1. The fourth-order valence-electron chi connectivity index (χ4n) is 2.56. The normalized spacial score (nSPS) is 11.0. The highest BCUT2D eigenvalue weighted by Crippen LogP contribution is 2.24. The number of carbonyl (C=O) groups excluding carboxylic acids is 1. The molecule has 0 aliphatic carbocycles. The van der Waals surface area contributed by atoms with Gasteiger partial charge in [0.15, 0.2) is 10.8 Å². The van der Waals surface area contributed by atoms with Crippen LogP contribution >= 0.6 is 27.7 Å². The number of benzene rings is 1. The van der Waals surface area contributed by atoms with E-state index in [1.54, 1.807) is 0 Å². The minimum Gasteiger partial charge on any atom is -0.331 e. The summed E-state index contributed by atoms with van der Waals surface area (Å²) in [4.78, 5) is 24.4. The largest absolute Gasteiger partial charge is 0.331 e. The third-order valence-corrected chi connectivity index (χ3v) is 5.60. The number of aromatic nitrogens is 3. The predicted octanol–water partition coefficient (Wildman–Crippen LogP) is 4.63. The summed E-state index contributed by atoms with van der Waals surface area (Å²) in [6.07, 6.45) is 0.883. The van der Waals surface area contributed by atoms with Crippen LogP contribution in [0.2, 0.25) is 0 Å². The van der Waals surface area contributed by atoms with E-state index in [1.165, 1.54) is 11.8 Å². The zero-order valence-electron chi connectivity index (χ0n) is 14.3. The van der Waals surface area contributed by atoms with Crippen LogP contribution < -0.4 is 5.32 Å². The lowest BCUT2D eigenvalue weighted by Crippen LogP contribution is -2.16. The number of rotatable bonds is 5. The zero-order chi connectivity index (χ0) is 18.0. The van der Waals surface area contributed by atoms with E-state index < -0.39 is 0 Å². The highest BCUT2D eigenvalue weighted by Gasteiger charge is 2.12. The van der Waals surface area contributed by atoms with Gasteiger partial charge in [0, 0.05) is 10.2 Å². The predicted molar refractivity (Wildman–Crippen MR) is 106 cm³/mol. The Balaban J connectivity index is 1.69. The summed E-state index contributed by atoms with van der Waals surface area (Å²) in [6, 6.07) is 8.02. The van der Waals surface area contributed by atoms with Crippen LogP contribution in [0.1, 0.15) is 23.7 Å². The van der Waals surface area contributed by atoms with Gasteiger partial charge in [-0.15, -0.1) is 0 Å². The Labute approximate surface area is 159 Å². The SMILES string of the molecule is CCc1cccc(C)c1NC(=O)CSc1nc2nc(C)c(Br)cc2[nH]1. The summed E-state index contributed by atoms with van der Waals surface area (Å²) in [7, 11) is 0. The zero-order valence-corrected chi connectivity index (χ0v) is 16.7. The fraction of sp³-hybridized carbons (Fsp3) is 0.278. The van der Waals surface area contributed by atoms with Gasteiger partial charge in [0.25, 0.3) is 0 Å². The standard InChI is InChI=1S/C18H19BrN4OS/c1-4-12-7-5-6-10(2)16(12)22-15(24)9-25-18-21-14-8-13(19)11(3)20-17(14)23-18/h5-8H,4,9H2,1-3H3,(H,22,24)(H,20,21,23). The molecule has 2 N–H and O–H groups in total. The minimum absolute atomic E-state index is 0.0419. The number of thioether (sulfide) groups is 1. The smallest absolute Gasteiger partial charge is 0.234 e. The number of fused-ring (bicyclic) bond motifs is 1. The van der Waals surface area contributed by atoms with E-state index in [4.69, 9.17) is 0 Å². The average Bonchev–Trinajstić information content (AvgIpc) is 2.97. The molecule has 0 atom stereocenters. The summed E-state index contributed by atoms with van der Waals surface area (Å²) in [5, 5.41) is 3.72. The van der Waals surface area contributed by atoms with E-state index in [9.17, 15) is 4.79 Å². The lowest BCUT2D eigenvalue weighted by atomic mass is 10.1. The number of imidazole rings is 1.